The van der Waals surface area contributed by atoms with Crippen molar-refractivity contribution in [2.24, 2.45) is 5.92 Å². The molecule has 0 aliphatic carbocycles. The van der Waals surface area contributed by atoms with Gasteiger partial charge in [0.1, 0.15) is 11.7 Å². The van der Waals surface area contributed by atoms with Crippen molar-refractivity contribution >= 4 is 24.8 Å². The number of carbonyl (C=O) groups is 3. The monoisotopic (exact) mass is 435 g/mol. The van der Waals surface area contributed by atoms with Gasteiger partial charge in [-0.1, -0.05) is 20.3 Å². The van der Waals surface area contributed by atoms with Crippen LogP contribution in [0.4, 0.5) is 0 Å². The number of ether oxygens (including phenoxy) is 1. The maximum Gasteiger partial charge on any atom is 0.475 e. The highest BCUT2D eigenvalue weighted by Crippen LogP contribution is 2.12. The highest BCUT2D eigenvalue weighted by Gasteiger charge is 2.32. The summed E-state index contributed by atoms with van der Waals surface area (Å²) < 4.78 is 5.24. The van der Waals surface area contributed by atoms with E-state index in [0.717, 1.165) is 6.42 Å². The molecule has 0 aromatic carbocycles. The fraction of sp³-hybridized carbons (Fsp3) is 0.632. The molecular weight excluding hydrogens is 405 g/mol. The van der Waals surface area contributed by atoms with E-state index in [9.17, 15) is 24.4 Å². The number of carbonyl (C=O) groups excluding carboxylic acids is 3. The van der Waals surface area contributed by atoms with Crippen molar-refractivity contribution in [3.8, 4) is 0 Å². The molecule has 31 heavy (non-hydrogen) atoms. The zero-order valence-electron chi connectivity index (χ0n) is 17.9. The average Bonchev–Trinajstić information content (AvgIpc) is 2.78. The van der Waals surface area contributed by atoms with Gasteiger partial charge in [0.25, 0.3) is 5.91 Å². The summed E-state index contributed by atoms with van der Waals surface area (Å²) in [7, 11) is -1.77. The highest BCUT2D eigenvalue weighted by atomic mass is 16.5. The van der Waals surface area contributed by atoms with Gasteiger partial charge in [0, 0.05) is 25.5 Å². The molecule has 1 aliphatic rings. The van der Waals surface area contributed by atoms with Gasteiger partial charge in [0.05, 0.1) is 31.8 Å². The van der Waals surface area contributed by atoms with Crippen molar-refractivity contribution in [3.05, 3.63) is 24.3 Å². The van der Waals surface area contributed by atoms with Gasteiger partial charge in [-0.15, -0.1) is 0 Å². The van der Waals surface area contributed by atoms with Gasteiger partial charge in [0.2, 0.25) is 11.8 Å². The molecule has 0 bridgehead atoms. The van der Waals surface area contributed by atoms with E-state index in [2.05, 4.69) is 20.6 Å². The number of hydrogen-bond acceptors (Lipinski definition) is 8. The molecular formula is C19H30BN5O6. The first-order valence-electron chi connectivity index (χ1n) is 10.4. The van der Waals surface area contributed by atoms with E-state index in [0.29, 0.717) is 32.7 Å². The summed E-state index contributed by atoms with van der Waals surface area (Å²) in [6.45, 7) is 5.49. The Labute approximate surface area is 181 Å². The van der Waals surface area contributed by atoms with Crippen LogP contribution in [0, 0.1) is 5.92 Å². The van der Waals surface area contributed by atoms with Crippen LogP contribution in [-0.4, -0.2) is 88.0 Å². The third-order valence-electron chi connectivity index (χ3n) is 5.20. The lowest BCUT2D eigenvalue weighted by Gasteiger charge is -2.29. The molecule has 4 N–H and O–H groups in total. The third kappa shape index (κ3) is 7.89. The molecule has 2 rings (SSSR count). The van der Waals surface area contributed by atoms with E-state index in [1.807, 2.05) is 13.8 Å². The van der Waals surface area contributed by atoms with E-state index < -0.39 is 30.9 Å². The van der Waals surface area contributed by atoms with Crippen LogP contribution in [0.5, 0.6) is 0 Å². The quantitative estimate of drug-likeness (QED) is 0.333. The molecule has 2 heterocycles. The normalized spacial score (nSPS) is 16.7. The lowest BCUT2D eigenvalue weighted by atomic mass is 9.74. The minimum atomic E-state index is -1.77. The lowest BCUT2D eigenvalue weighted by molar-refractivity contribution is -0.138. The second kappa shape index (κ2) is 12.3. The van der Waals surface area contributed by atoms with Crippen LogP contribution in [0.2, 0.25) is 0 Å². The summed E-state index contributed by atoms with van der Waals surface area (Å²) in [5, 5.41) is 24.4. The highest BCUT2D eigenvalue weighted by molar-refractivity contribution is 6.43. The number of nitrogens with zero attached hydrogens (tertiary/aromatic N) is 3. The van der Waals surface area contributed by atoms with Gasteiger partial charge in [-0.3, -0.25) is 19.4 Å². The fourth-order valence-electron chi connectivity index (χ4n) is 3.11. The Morgan fingerprint density at radius 2 is 1.94 bits per heavy atom. The predicted octanol–water partition coefficient (Wildman–Crippen LogP) is -1.24. The minimum absolute atomic E-state index is 0.00234. The van der Waals surface area contributed by atoms with Gasteiger partial charge in [-0.25, -0.2) is 4.98 Å². The molecule has 2 unspecified atom stereocenters. The van der Waals surface area contributed by atoms with Crippen LogP contribution in [0.3, 0.4) is 0 Å². The van der Waals surface area contributed by atoms with E-state index >= 15 is 0 Å². The number of aromatic nitrogens is 2. The molecule has 3 amide bonds. The topological polar surface area (TPSA) is 154 Å². The molecule has 0 spiro atoms. The first-order valence-corrected chi connectivity index (χ1v) is 10.4. The van der Waals surface area contributed by atoms with E-state index in [1.54, 1.807) is 4.90 Å². The average molecular weight is 435 g/mol. The largest absolute Gasteiger partial charge is 0.475 e. The zero-order chi connectivity index (χ0) is 22.8. The predicted molar refractivity (Wildman–Crippen MR) is 111 cm³/mol. The fourth-order valence-corrected chi connectivity index (χ4v) is 3.11. The molecule has 12 heteroatoms. The molecule has 170 valence electrons. The van der Waals surface area contributed by atoms with E-state index in [1.165, 1.54) is 18.6 Å². The van der Waals surface area contributed by atoms with Crippen molar-refractivity contribution in [2.45, 2.75) is 45.1 Å². The smallest absolute Gasteiger partial charge is 0.426 e. The molecule has 0 radical (unpaired) electrons. The second-order valence-corrected chi connectivity index (χ2v) is 7.59. The lowest BCUT2D eigenvalue weighted by Crippen LogP contribution is -2.56. The zero-order valence-corrected chi connectivity index (χ0v) is 17.9. The van der Waals surface area contributed by atoms with E-state index in [-0.39, 0.29) is 23.9 Å². The van der Waals surface area contributed by atoms with Gasteiger partial charge in [-0.2, -0.15) is 0 Å². The molecule has 1 aromatic rings. The molecule has 11 nitrogen and oxygen atoms in total. The summed E-state index contributed by atoms with van der Waals surface area (Å²) >= 11 is 0. The Morgan fingerprint density at radius 3 is 2.52 bits per heavy atom. The van der Waals surface area contributed by atoms with Crippen molar-refractivity contribution in [1.82, 2.24) is 25.5 Å². The van der Waals surface area contributed by atoms with Crippen LogP contribution in [-0.2, 0) is 14.3 Å². The third-order valence-corrected chi connectivity index (χ3v) is 5.20. The maximum absolute atomic E-state index is 12.9. The van der Waals surface area contributed by atoms with Crippen molar-refractivity contribution in [2.75, 3.05) is 26.3 Å². The minimum Gasteiger partial charge on any atom is -0.426 e. The van der Waals surface area contributed by atoms with Crippen molar-refractivity contribution < 1.29 is 29.2 Å². The van der Waals surface area contributed by atoms with Crippen LogP contribution >= 0.6 is 0 Å². The molecule has 3 atom stereocenters. The Hall–Kier alpha value is -2.57. The second-order valence-electron chi connectivity index (χ2n) is 7.59. The molecule has 0 saturated carbocycles. The summed E-state index contributed by atoms with van der Waals surface area (Å²) in [5.41, 5.74) is -0.00234. The Balaban J connectivity index is 2.13. The number of hydrogen-bond donors (Lipinski definition) is 4. The van der Waals surface area contributed by atoms with Gasteiger partial charge in [-0.05, 0) is 12.3 Å². The van der Waals surface area contributed by atoms with Crippen molar-refractivity contribution in [3.63, 3.8) is 0 Å². The van der Waals surface area contributed by atoms with Gasteiger partial charge in [0.15, 0.2) is 0 Å². The van der Waals surface area contributed by atoms with Gasteiger partial charge < -0.3 is 30.3 Å². The van der Waals surface area contributed by atoms with Crippen molar-refractivity contribution in [1.29, 1.82) is 0 Å². The molecule has 1 aliphatic heterocycles. The number of nitrogens with one attached hydrogen (secondary N) is 2. The van der Waals surface area contributed by atoms with Crippen LogP contribution in [0.1, 0.15) is 43.6 Å². The summed E-state index contributed by atoms with van der Waals surface area (Å²) in [6, 6.07) is -1.22. The first kappa shape index (κ1) is 24.7. The van der Waals surface area contributed by atoms with Crippen LogP contribution < -0.4 is 10.6 Å². The Morgan fingerprint density at radius 1 is 1.23 bits per heavy atom. The summed E-state index contributed by atoms with van der Waals surface area (Å²) in [5.74, 6) is -2.45. The molecule has 1 saturated heterocycles. The standard InChI is InChI=1S/C19H30BN5O6/c1-3-13(2)10-16(20(29)30)24-18(27)14(11-17(26)25-6-8-31-9-7-25)23-19(28)15-12-21-4-5-22-15/h4-5,12-14,16,29-30H,3,6-11H2,1-2H3,(H,23,28)(H,24,27)/t13?,14?,16-/m1/s1. The van der Waals surface area contributed by atoms with Gasteiger partial charge >= 0.3 is 7.12 Å². The summed E-state index contributed by atoms with van der Waals surface area (Å²) in [4.78, 5) is 47.4. The first-order chi connectivity index (χ1) is 14.8. The SMILES string of the molecule is CCC(C)C[C@@H](NC(=O)C(CC(=O)N1CCOCC1)NC(=O)c1cnccn1)B(O)O. The number of amides is 3. The number of rotatable bonds is 10. The van der Waals surface area contributed by atoms with E-state index in [4.69, 9.17) is 4.74 Å². The Bertz CT molecular complexity index is 732. The van der Waals surface area contributed by atoms with Crippen LogP contribution in [0.25, 0.3) is 0 Å². The molecule has 1 aromatic heterocycles. The molecule has 1 fully saturated rings. The maximum atomic E-state index is 12.9. The Kier molecular flexibility index (Phi) is 9.82. The number of morpholine rings is 1. The summed E-state index contributed by atoms with van der Waals surface area (Å²) in [6.07, 6.45) is 4.84. The van der Waals surface area contributed by atoms with Crippen LogP contribution in [0.15, 0.2) is 18.6 Å².